The van der Waals surface area contributed by atoms with Crippen molar-refractivity contribution < 1.29 is 8.42 Å². The highest BCUT2D eigenvalue weighted by Gasteiger charge is 2.25. The highest BCUT2D eigenvalue weighted by Crippen LogP contribution is 2.20. The fraction of sp³-hybridized carbons (Fsp3) is 0.364. The molecule has 0 unspecified atom stereocenters. The first-order valence-electron chi connectivity index (χ1n) is 5.05. The zero-order valence-electron chi connectivity index (χ0n) is 8.76. The molecule has 1 aromatic rings. The average Bonchev–Trinajstić information content (AvgIpc) is 2.28. The van der Waals surface area contributed by atoms with Crippen LogP contribution in [0, 0.1) is 11.3 Å². The van der Waals surface area contributed by atoms with Crippen LogP contribution in [0.25, 0.3) is 0 Å². The summed E-state index contributed by atoms with van der Waals surface area (Å²) in [5.74, 6) is -0.435. The molecule has 0 N–H and O–H groups in total. The van der Waals surface area contributed by atoms with E-state index in [9.17, 15) is 8.42 Å². The highest BCUT2D eigenvalue weighted by atomic mass is 32.2. The van der Waals surface area contributed by atoms with E-state index in [1.807, 2.05) is 24.3 Å². The second-order valence-corrected chi connectivity index (χ2v) is 5.74. The minimum atomic E-state index is -3.40. The lowest BCUT2D eigenvalue weighted by atomic mass is 10.0. The Balaban J connectivity index is 2.24. The second kappa shape index (κ2) is 4.24. The molecule has 0 saturated carbocycles. The summed E-state index contributed by atoms with van der Waals surface area (Å²) in [6.07, 6.45) is 0.723. The number of hydrogen-bond acceptors (Lipinski definition) is 3. The van der Waals surface area contributed by atoms with Gasteiger partial charge in [-0.3, -0.25) is 0 Å². The maximum absolute atomic E-state index is 11.7. The summed E-state index contributed by atoms with van der Waals surface area (Å²) in [7, 11) is -3.40. The molecule has 0 aliphatic carbocycles. The maximum Gasteiger partial charge on any atom is 0.227 e. The maximum atomic E-state index is 11.7. The average molecular weight is 236 g/mol. The van der Waals surface area contributed by atoms with Crippen LogP contribution in [0.15, 0.2) is 24.3 Å². The van der Waals surface area contributed by atoms with Crippen LogP contribution >= 0.6 is 0 Å². The number of hydrogen-bond donors (Lipinski definition) is 0. The quantitative estimate of drug-likeness (QED) is 0.766. The molecule has 0 atom stereocenters. The van der Waals surface area contributed by atoms with Crippen molar-refractivity contribution in [2.24, 2.45) is 0 Å². The van der Waals surface area contributed by atoms with Crippen LogP contribution in [0.4, 0.5) is 0 Å². The largest absolute Gasteiger partial charge is 0.227 e. The first-order chi connectivity index (χ1) is 7.63. The molecule has 1 aliphatic heterocycles. The summed E-state index contributed by atoms with van der Waals surface area (Å²) in [5.41, 5.74) is 2.24. The summed E-state index contributed by atoms with van der Waals surface area (Å²) < 4.78 is 24.8. The van der Waals surface area contributed by atoms with E-state index in [1.54, 1.807) is 6.07 Å². The van der Waals surface area contributed by atoms with E-state index in [1.165, 1.54) is 9.87 Å². The predicted molar refractivity (Wildman–Crippen MR) is 60.0 cm³/mol. The van der Waals surface area contributed by atoms with Crippen LogP contribution in [-0.4, -0.2) is 25.0 Å². The number of nitrogens with zero attached hydrogens (tertiary/aromatic N) is 2. The minimum Gasteiger partial charge on any atom is -0.211 e. The zero-order chi connectivity index (χ0) is 11.6. The zero-order valence-corrected chi connectivity index (χ0v) is 9.57. The molecule has 5 heteroatoms. The van der Waals surface area contributed by atoms with Crippen molar-refractivity contribution in [1.29, 1.82) is 5.26 Å². The van der Waals surface area contributed by atoms with Crippen molar-refractivity contribution in [3.63, 3.8) is 0 Å². The minimum absolute atomic E-state index is 0.389. The Kier molecular flexibility index (Phi) is 2.95. The Morgan fingerprint density at radius 2 is 2.00 bits per heavy atom. The molecule has 16 heavy (non-hydrogen) atoms. The van der Waals surface area contributed by atoms with Crippen molar-refractivity contribution in [3.05, 3.63) is 35.4 Å². The van der Waals surface area contributed by atoms with Gasteiger partial charge in [0.05, 0.1) is 6.07 Å². The molecule has 0 fully saturated rings. The molecule has 2 rings (SSSR count). The van der Waals surface area contributed by atoms with E-state index in [0.29, 0.717) is 13.1 Å². The third kappa shape index (κ3) is 2.08. The van der Waals surface area contributed by atoms with Gasteiger partial charge in [-0.15, -0.1) is 0 Å². The molecular formula is C11H12N2O2S. The molecule has 4 nitrogen and oxygen atoms in total. The van der Waals surface area contributed by atoms with Gasteiger partial charge in [0.2, 0.25) is 10.0 Å². The normalized spacial score (nSPS) is 16.4. The summed E-state index contributed by atoms with van der Waals surface area (Å²) in [6, 6.07) is 9.51. The van der Waals surface area contributed by atoms with Crippen LogP contribution in [-0.2, 0) is 23.0 Å². The van der Waals surface area contributed by atoms with Crippen molar-refractivity contribution in [3.8, 4) is 6.07 Å². The van der Waals surface area contributed by atoms with Gasteiger partial charge in [-0.1, -0.05) is 24.3 Å². The van der Waals surface area contributed by atoms with E-state index >= 15 is 0 Å². The molecular weight excluding hydrogens is 224 g/mol. The molecule has 1 aromatic carbocycles. The van der Waals surface area contributed by atoms with Crippen molar-refractivity contribution in [2.75, 3.05) is 12.3 Å². The van der Waals surface area contributed by atoms with Gasteiger partial charge >= 0.3 is 0 Å². The molecule has 1 heterocycles. The van der Waals surface area contributed by atoms with Crippen molar-refractivity contribution in [1.82, 2.24) is 4.31 Å². The van der Waals surface area contributed by atoms with E-state index in [0.717, 1.165) is 12.0 Å². The van der Waals surface area contributed by atoms with Gasteiger partial charge in [0.1, 0.15) is 0 Å². The molecule has 0 radical (unpaired) electrons. The molecule has 0 bridgehead atoms. The molecule has 0 saturated heterocycles. The van der Waals surface area contributed by atoms with Gasteiger partial charge in [-0.25, -0.2) is 8.42 Å². The lowest BCUT2D eigenvalue weighted by Gasteiger charge is -2.27. The number of nitriles is 1. The molecule has 0 amide bonds. The molecule has 1 aliphatic rings. The second-order valence-electron chi connectivity index (χ2n) is 3.77. The fourth-order valence-electron chi connectivity index (χ4n) is 1.88. The van der Waals surface area contributed by atoms with Crippen LogP contribution < -0.4 is 0 Å². The lowest BCUT2D eigenvalue weighted by molar-refractivity contribution is 0.393. The SMILES string of the molecule is N#CCS(=O)(=O)N1CCc2ccccc2C1. The topological polar surface area (TPSA) is 61.2 Å². The Morgan fingerprint density at radius 1 is 1.31 bits per heavy atom. The van der Waals surface area contributed by atoms with E-state index in [4.69, 9.17) is 5.26 Å². The molecule has 0 aromatic heterocycles. The Bertz CT molecular complexity index is 531. The van der Waals surface area contributed by atoms with Crippen molar-refractivity contribution in [2.45, 2.75) is 13.0 Å². The van der Waals surface area contributed by atoms with Gasteiger partial charge in [0.25, 0.3) is 0 Å². The predicted octanol–water partition coefficient (Wildman–Crippen LogP) is 0.898. The summed E-state index contributed by atoms with van der Waals surface area (Å²) >= 11 is 0. The van der Waals surface area contributed by atoms with Gasteiger partial charge in [0.15, 0.2) is 5.75 Å². The smallest absolute Gasteiger partial charge is 0.211 e. The van der Waals surface area contributed by atoms with E-state index in [-0.39, 0.29) is 0 Å². The highest BCUT2D eigenvalue weighted by molar-refractivity contribution is 7.89. The lowest BCUT2D eigenvalue weighted by Crippen LogP contribution is -2.37. The van der Waals surface area contributed by atoms with Crippen LogP contribution in [0.1, 0.15) is 11.1 Å². The number of sulfonamides is 1. The summed E-state index contributed by atoms with van der Waals surface area (Å²) in [5, 5.41) is 8.47. The van der Waals surface area contributed by atoms with Crippen LogP contribution in [0.3, 0.4) is 0 Å². The van der Waals surface area contributed by atoms with Gasteiger partial charge in [-0.05, 0) is 17.5 Å². The summed E-state index contributed by atoms with van der Waals surface area (Å²) in [6.45, 7) is 0.862. The third-order valence-electron chi connectivity index (χ3n) is 2.74. The summed E-state index contributed by atoms with van der Waals surface area (Å²) in [4.78, 5) is 0. The number of rotatable bonds is 2. The van der Waals surface area contributed by atoms with Gasteiger partial charge in [-0.2, -0.15) is 9.57 Å². The molecule has 0 spiro atoms. The number of fused-ring (bicyclic) bond motifs is 1. The van der Waals surface area contributed by atoms with Gasteiger partial charge < -0.3 is 0 Å². The first kappa shape index (κ1) is 11.1. The standard InChI is InChI=1S/C11H12N2O2S/c12-6-8-16(14,15)13-7-5-10-3-1-2-4-11(10)9-13/h1-4H,5,7-9H2. The Hall–Kier alpha value is -1.38. The van der Waals surface area contributed by atoms with E-state index in [2.05, 4.69) is 0 Å². The van der Waals surface area contributed by atoms with Crippen LogP contribution in [0.2, 0.25) is 0 Å². The van der Waals surface area contributed by atoms with Crippen molar-refractivity contribution >= 4 is 10.0 Å². The monoisotopic (exact) mass is 236 g/mol. The van der Waals surface area contributed by atoms with Gasteiger partial charge in [0, 0.05) is 13.1 Å². The third-order valence-corrected chi connectivity index (χ3v) is 4.33. The fourth-order valence-corrected chi connectivity index (χ4v) is 2.93. The number of benzene rings is 1. The first-order valence-corrected chi connectivity index (χ1v) is 6.66. The molecule has 84 valence electrons. The van der Waals surface area contributed by atoms with Crippen LogP contribution in [0.5, 0.6) is 0 Å². The van der Waals surface area contributed by atoms with E-state index < -0.39 is 15.8 Å². The Labute approximate surface area is 95.2 Å². The Morgan fingerprint density at radius 3 is 2.69 bits per heavy atom.